The van der Waals surface area contributed by atoms with Crippen molar-refractivity contribution < 1.29 is 4.39 Å². The minimum absolute atomic E-state index is 0.184. The van der Waals surface area contributed by atoms with E-state index in [2.05, 4.69) is 24.1 Å². The zero-order valence-electron chi connectivity index (χ0n) is 12.8. The number of halogens is 1. The molecule has 0 bridgehead atoms. The van der Waals surface area contributed by atoms with E-state index < -0.39 is 0 Å². The standard InChI is InChI=1S/C16H22FN3S/c1-12(2)7-18-8-13-4-5-16(15(17)6-13)20(3)9-14-10-21-11-19-14/h4-6,10-12,18H,7-9H2,1-3H3. The summed E-state index contributed by atoms with van der Waals surface area (Å²) in [5.41, 5.74) is 4.34. The van der Waals surface area contributed by atoms with Gasteiger partial charge in [0, 0.05) is 19.0 Å². The summed E-state index contributed by atoms with van der Waals surface area (Å²) in [5.74, 6) is 0.412. The Hall–Kier alpha value is -1.46. The molecular formula is C16H22FN3S. The number of rotatable bonds is 7. The van der Waals surface area contributed by atoms with Crippen LogP contribution in [0.15, 0.2) is 29.1 Å². The molecule has 0 aliphatic rings. The summed E-state index contributed by atoms with van der Waals surface area (Å²) < 4.78 is 14.2. The summed E-state index contributed by atoms with van der Waals surface area (Å²) in [6.45, 7) is 6.57. The maximum atomic E-state index is 14.2. The van der Waals surface area contributed by atoms with Gasteiger partial charge in [0.2, 0.25) is 0 Å². The molecule has 0 aliphatic heterocycles. The molecule has 2 rings (SSSR count). The van der Waals surface area contributed by atoms with Crippen molar-refractivity contribution in [2.24, 2.45) is 5.92 Å². The van der Waals surface area contributed by atoms with Gasteiger partial charge in [-0.2, -0.15) is 0 Å². The quantitative estimate of drug-likeness (QED) is 0.846. The van der Waals surface area contributed by atoms with Crippen LogP contribution >= 0.6 is 11.3 Å². The van der Waals surface area contributed by atoms with Crippen molar-refractivity contribution in [1.82, 2.24) is 10.3 Å². The molecule has 0 saturated carbocycles. The summed E-state index contributed by atoms with van der Waals surface area (Å²) in [6.07, 6.45) is 0. The molecule has 1 aromatic heterocycles. The van der Waals surface area contributed by atoms with Gasteiger partial charge >= 0.3 is 0 Å². The molecule has 0 aliphatic carbocycles. The molecule has 0 fully saturated rings. The maximum absolute atomic E-state index is 14.2. The molecule has 1 aromatic carbocycles. The van der Waals surface area contributed by atoms with Crippen LogP contribution in [0.5, 0.6) is 0 Å². The van der Waals surface area contributed by atoms with Crippen LogP contribution in [0.25, 0.3) is 0 Å². The van der Waals surface area contributed by atoms with Crippen LogP contribution in [-0.2, 0) is 13.1 Å². The van der Waals surface area contributed by atoms with Crippen molar-refractivity contribution in [3.05, 3.63) is 46.2 Å². The summed E-state index contributed by atoms with van der Waals surface area (Å²) in [7, 11) is 1.88. The van der Waals surface area contributed by atoms with Gasteiger partial charge in [0.1, 0.15) is 5.82 Å². The fourth-order valence-electron chi connectivity index (χ4n) is 2.12. The summed E-state index contributed by atoms with van der Waals surface area (Å²) in [4.78, 5) is 6.11. The first kappa shape index (κ1) is 15.9. The van der Waals surface area contributed by atoms with Gasteiger partial charge in [-0.05, 0) is 30.2 Å². The van der Waals surface area contributed by atoms with Crippen LogP contribution < -0.4 is 10.2 Å². The summed E-state index contributed by atoms with van der Waals surface area (Å²) in [6, 6.07) is 5.43. The molecule has 0 radical (unpaired) electrons. The zero-order valence-corrected chi connectivity index (χ0v) is 13.6. The first-order valence-electron chi connectivity index (χ1n) is 7.13. The third kappa shape index (κ3) is 4.79. The van der Waals surface area contributed by atoms with Crippen molar-refractivity contribution in [2.45, 2.75) is 26.9 Å². The number of aromatic nitrogens is 1. The van der Waals surface area contributed by atoms with Crippen LogP contribution in [0.4, 0.5) is 10.1 Å². The largest absolute Gasteiger partial charge is 0.366 e. The number of hydrogen-bond donors (Lipinski definition) is 1. The fraction of sp³-hybridized carbons (Fsp3) is 0.438. The normalized spacial score (nSPS) is 11.1. The highest BCUT2D eigenvalue weighted by atomic mass is 32.1. The predicted molar refractivity (Wildman–Crippen MR) is 87.2 cm³/mol. The van der Waals surface area contributed by atoms with Crippen molar-refractivity contribution in [3.63, 3.8) is 0 Å². The van der Waals surface area contributed by atoms with Crippen LogP contribution in [0, 0.1) is 11.7 Å². The molecule has 1 N–H and O–H groups in total. The number of nitrogens with one attached hydrogen (secondary N) is 1. The molecule has 0 amide bonds. The Balaban J connectivity index is 1.98. The molecule has 3 nitrogen and oxygen atoms in total. The van der Waals surface area contributed by atoms with E-state index in [-0.39, 0.29) is 5.82 Å². The second kappa shape index (κ2) is 7.52. The van der Waals surface area contributed by atoms with E-state index in [9.17, 15) is 4.39 Å². The topological polar surface area (TPSA) is 28.2 Å². The smallest absolute Gasteiger partial charge is 0.146 e. The minimum Gasteiger partial charge on any atom is -0.366 e. The van der Waals surface area contributed by atoms with Crippen molar-refractivity contribution in [2.75, 3.05) is 18.5 Å². The first-order chi connectivity index (χ1) is 10.1. The molecule has 114 valence electrons. The van der Waals surface area contributed by atoms with E-state index >= 15 is 0 Å². The van der Waals surface area contributed by atoms with Crippen molar-refractivity contribution in [3.8, 4) is 0 Å². The molecule has 5 heteroatoms. The van der Waals surface area contributed by atoms with Gasteiger partial charge in [-0.3, -0.25) is 0 Å². The van der Waals surface area contributed by atoms with Crippen molar-refractivity contribution >= 4 is 17.0 Å². The Labute approximate surface area is 129 Å². The second-order valence-electron chi connectivity index (χ2n) is 5.65. The highest BCUT2D eigenvalue weighted by Crippen LogP contribution is 2.21. The molecule has 0 saturated heterocycles. The molecule has 2 aromatic rings. The Kier molecular flexibility index (Phi) is 5.70. The van der Waals surface area contributed by atoms with E-state index in [1.54, 1.807) is 22.9 Å². The van der Waals surface area contributed by atoms with Crippen LogP contribution in [0.3, 0.4) is 0 Å². The van der Waals surface area contributed by atoms with Gasteiger partial charge in [-0.25, -0.2) is 9.37 Å². The number of hydrogen-bond acceptors (Lipinski definition) is 4. The lowest BCUT2D eigenvalue weighted by molar-refractivity contribution is 0.550. The number of benzene rings is 1. The lowest BCUT2D eigenvalue weighted by Crippen LogP contribution is -2.20. The lowest BCUT2D eigenvalue weighted by atomic mass is 10.1. The number of thiazole rings is 1. The van der Waals surface area contributed by atoms with Crippen LogP contribution in [0.1, 0.15) is 25.1 Å². The second-order valence-corrected chi connectivity index (χ2v) is 6.37. The van der Waals surface area contributed by atoms with Crippen LogP contribution in [-0.4, -0.2) is 18.6 Å². The molecule has 0 spiro atoms. The maximum Gasteiger partial charge on any atom is 0.146 e. The molecule has 1 heterocycles. The van der Waals surface area contributed by atoms with E-state index in [1.807, 2.05) is 29.5 Å². The van der Waals surface area contributed by atoms with E-state index in [0.717, 1.165) is 17.8 Å². The first-order valence-corrected chi connectivity index (χ1v) is 8.08. The molecule has 0 atom stereocenters. The molecule has 0 unspecified atom stereocenters. The minimum atomic E-state index is -0.184. The fourth-order valence-corrected chi connectivity index (χ4v) is 2.67. The predicted octanol–water partition coefficient (Wildman–Crippen LogP) is 3.66. The third-order valence-corrected chi connectivity index (χ3v) is 3.82. The Morgan fingerprint density at radius 3 is 2.81 bits per heavy atom. The van der Waals surface area contributed by atoms with Gasteiger partial charge in [0.25, 0.3) is 0 Å². The van der Waals surface area contributed by atoms with Gasteiger partial charge in [-0.1, -0.05) is 19.9 Å². The Morgan fingerprint density at radius 2 is 2.19 bits per heavy atom. The van der Waals surface area contributed by atoms with E-state index in [0.29, 0.717) is 24.7 Å². The average molecular weight is 307 g/mol. The molecular weight excluding hydrogens is 285 g/mol. The lowest BCUT2D eigenvalue weighted by Gasteiger charge is -2.19. The number of nitrogens with zero attached hydrogens (tertiary/aromatic N) is 2. The zero-order chi connectivity index (χ0) is 15.2. The van der Waals surface area contributed by atoms with E-state index in [4.69, 9.17) is 0 Å². The third-order valence-electron chi connectivity index (χ3n) is 3.19. The van der Waals surface area contributed by atoms with Gasteiger partial charge in [0.05, 0.1) is 23.4 Å². The average Bonchev–Trinajstić information content (AvgIpc) is 2.91. The summed E-state index contributed by atoms with van der Waals surface area (Å²) in [5, 5.41) is 5.31. The Morgan fingerprint density at radius 1 is 1.38 bits per heavy atom. The van der Waals surface area contributed by atoms with Crippen molar-refractivity contribution in [1.29, 1.82) is 0 Å². The SMILES string of the molecule is CC(C)CNCc1ccc(N(C)Cc2cscn2)c(F)c1. The van der Waals surface area contributed by atoms with Crippen LogP contribution in [0.2, 0.25) is 0 Å². The molecule has 21 heavy (non-hydrogen) atoms. The van der Waals surface area contributed by atoms with Gasteiger partial charge in [0.15, 0.2) is 0 Å². The van der Waals surface area contributed by atoms with Gasteiger partial charge in [-0.15, -0.1) is 11.3 Å². The monoisotopic (exact) mass is 307 g/mol. The summed E-state index contributed by atoms with van der Waals surface area (Å²) >= 11 is 1.55. The number of anilines is 1. The highest BCUT2D eigenvalue weighted by Gasteiger charge is 2.10. The van der Waals surface area contributed by atoms with E-state index in [1.165, 1.54) is 0 Å². The highest BCUT2D eigenvalue weighted by molar-refractivity contribution is 7.07. The van der Waals surface area contributed by atoms with Gasteiger partial charge < -0.3 is 10.2 Å². The Bertz CT molecular complexity index is 555.